The average Bonchev–Trinajstić information content (AvgIpc) is 2.04. The summed E-state index contributed by atoms with van der Waals surface area (Å²) < 4.78 is 5.27. The maximum atomic E-state index is 5.27. The molecule has 62 valence electrons. The van der Waals surface area contributed by atoms with Crippen molar-refractivity contribution in [3.05, 3.63) is 0 Å². The van der Waals surface area contributed by atoms with E-state index >= 15 is 0 Å². The molecular formula is C8H13NOS. The van der Waals surface area contributed by atoms with E-state index in [1.807, 2.05) is 0 Å². The van der Waals surface area contributed by atoms with Crippen molar-refractivity contribution in [3.8, 4) is 0 Å². The predicted molar refractivity (Wildman–Crippen MR) is 47.4 cm³/mol. The molecule has 11 heavy (non-hydrogen) atoms. The van der Waals surface area contributed by atoms with E-state index in [1.54, 1.807) is 0 Å². The van der Waals surface area contributed by atoms with E-state index in [1.165, 1.54) is 25.7 Å². The Balaban J connectivity index is 1.98. The predicted octanol–water partition coefficient (Wildman–Crippen LogP) is 1.45. The fourth-order valence-corrected chi connectivity index (χ4v) is 2.19. The Bertz CT molecular complexity index is 171. The summed E-state index contributed by atoms with van der Waals surface area (Å²) in [4.78, 5) is 0. The highest BCUT2D eigenvalue weighted by Crippen LogP contribution is 2.26. The second-order valence-electron chi connectivity index (χ2n) is 3.39. The van der Waals surface area contributed by atoms with Gasteiger partial charge in [0.2, 0.25) is 0 Å². The van der Waals surface area contributed by atoms with Crippen molar-refractivity contribution in [1.82, 2.24) is 5.32 Å². The van der Waals surface area contributed by atoms with Gasteiger partial charge in [-0.25, -0.2) is 0 Å². The van der Waals surface area contributed by atoms with Crippen LogP contribution in [-0.2, 0) is 4.74 Å². The third-order valence-electron chi connectivity index (χ3n) is 2.64. The molecular weight excluding hydrogens is 158 g/mol. The van der Waals surface area contributed by atoms with Crippen LogP contribution in [0.3, 0.4) is 0 Å². The molecule has 0 aromatic rings. The molecule has 2 unspecified atom stereocenters. The zero-order valence-corrected chi connectivity index (χ0v) is 7.32. The molecule has 2 fully saturated rings. The maximum Gasteiger partial charge on any atom is 0.256 e. The Labute approximate surface area is 72.3 Å². The third-order valence-corrected chi connectivity index (χ3v) is 2.88. The maximum absolute atomic E-state index is 5.27. The number of ether oxygens (including phenoxy) is 1. The molecule has 1 aliphatic heterocycles. The van der Waals surface area contributed by atoms with Gasteiger partial charge in [0.1, 0.15) is 0 Å². The molecule has 0 spiro atoms. The molecule has 1 saturated carbocycles. The van der Waals surface area contributed by atoms with E-state index in [0.29, 0.717) is 11.2 Å². The van der Waals surface area contributed by atoms with Crippen LogP contribution >= 0.6 is 12.2 Å². The van der Waals surface area contributed by atoms with Gasteiger partial charge in [0.25, 0.3) is 5.17 Å². The Morgan fingerprint density at radius 1 is 1.36 bits per heavy atom. The van der Waals surface area contributed by atoms with Crippen LogP contribution in [0, 0.1) is 5.92 Å². The van der Waals surface area contributed by atoms with Crippen molar-refractivity contribution < 1.29 is 4.74 Å². The lowest BCUT2D eigenvalue weighted by atomic mass is 9.84. The van der Waals surface area contributed by atoms with Gasteiger partial charge in [-0.2, -0.15) is 0 Å². The number of thiocarbonyl (C=S) groups is 1. The van der Waals surface area contributed by atoms with Crippen molar-refractivity contribution in [1.29, 1.82) is 0 Å². The third kappa shape index (κ3) is 1.48. The largest absolute Gasteiger partial charge is 0.471 e. The summed E-state index contributed by atoms with van der Waals surface area (Å²) in [6, 6.07) is 0.616. The van der Waals surface area contributed by atoms with Gasteiger partial charge >= 0.3 is 0 Å². The van der Waals surface area contributed by atoms with E-state index in [4.69, 9.17) is 17.0 Å². The summed E-state index contributed by atoms with van der Waals surface area (Å²) in [5, 5.41) is 3.83. The summed E-state index contributed by atoms with van der Waals surface area (Å²) in [5.74, 6) is 0.718. The minimum Gasteiger partial charge on any atom is -0.471 e. The molecule has 1 aliphatic carbocycles. The van der Waals surface area contributed by atoms with Crippen molar-refractivity contribution in [2.75, 3.05) is 6.61 Å². The highest BCUT2D eigenvalue weighted by molar-refractivity contribution is 7.80. The normalized spacial score (nSPS) is 36.9. The molecule has 0 radical (unpaired) electrons. The zero-order valence-electron chi connectivity index (χ0n) is 6.51. The average molecular weight is 171 g/mol. The molecule has 3 heteroatoms. The van der Waals surface area contributed by atoms with Gasteiger partial charge in [0.05, 0.1) is 6.61 Å². The summed E-state index contributed by atoms with van der Waals surface area (Å²) >= 11 is 4.94. The molecule has 0 amide bonds. The lowest BCUT2D eigenvalue weighted by Crippen LogP contribution is -2.49. The highest BCUT2D eigenvalue weighted by atomic mass is 32.1. The van der Waals surface area contributed by atoms with Crippen LogP contribution < -0.4 is 5.32 Å². The molecule has 0 bridgehead atoms. The first-order valence-corrected chi connectivity index (χ1v) is 4.70. The first-order chi connectivity index (χ1) is 5.36. The van der Waals surface area contributed by atoms with Crippen LogP contribution in [0.4, 0.5) is 0 Å². The highest BCUT2D eigenvalue weighted by Gasteiger charge is 2.29. The number of fused-ring (bicyclic) bond motifs is 1. The van der Waals surface area contributed by atoms with Crippen molar-refractivity contribution in [2.45, 2.75) is 31.7 Å². The quantitative estimate of drug-likeness (QED) is 0.557. The molecule has 2 nitrogen and oxygen atoms in total. The molecule has 2 rings (SSSR count). The first kappa shape index (κ1) is 7.35. The fourth-order valence-electron chi connectivity index (χ4n) is 1.97. The molecule has 1 N–H and O–H groups in total. The SMILES string of the molecule is S=C1NC2CCCCC2CO1. The van der Waals surface area contributed by atoms with E-state index in [2.05, 4.69) is 5.32 Å². The summed E-state index contributed by atoms with van der Waals surface area (Å²) in [7, 11) is 0. The van der Waals surface area contributed by atoms with Crippen molar-refractivity contribution in [2.24, 2.45) is 5.92 Å². The van der Waals surface area contributed by atoms with Gasteiger partial charge < -0.3 is 10.1 Å². The Morgan fingerprint density at radius 3 is 3.09 bits per heavy atom. The second kappa shape index (κ2) is 2.97. The molecule has 2 atom stereocenters. The van der Waals surface area contributed by atoms with Crippen LogP contribution in [0.15, 0.2) is 0 Å². The fraction of sp³-hybridized carbons (Fsp3) is 0.875. The van der Waals surface area contributed by atoms with Gasteiger partial charge in [-0.1, -0.05) is 12.8 Å². The Hall–Kier alpha value is -0.310. The Kier molecular flexibility index (Phi) is 1.98. The smallest absolute Gasteiger partial charge is 0.256 e. The molecule has 2 aliphatic rings. The van der Waals surface area contributed by atoms with Crippen molar-refractivity contribution >= 4 is 17.4 Å². The minimum absolute atomic E-state index is 0.605. The van der Waals surface area contributed by atoms with E-state index in [0.717, 1.165) is 12.5 Å². The van der Waals surface area contributed by atoms with E-state index < -0.39 is 0 Å². The second-order valence-corrected chi connectivity index (χ2v) is 3.76. The van der Waals surface area contributed by atoms with Gasteiger partial charge in [-0.05, 0) is 25.1 Å². The van der Waals surface area contributed by atoms with Crippen LogP contribution in [0.2, 0.25) is 0 Å². The van der Waals surface area contributed by atoms with Gasteiger partial charge in [0.15, 0.2) is 0 Å². The molecule has 1 heterocycles. The van der Waals surface area contributed by atoms with Gasteiger partial charge in [0, 0.05) is 12.0 Å². The number of nitrogens with one attached hydrogen (secondary N) is 1. The van der Waals surface area contributed by atoms with Gasteiger partial charge in [-0.3, -0.25) is 0 Å². The minimum atomic E-state index is 0.605. The van der Waals surface area contributed by atoms with Gasteiger partial charge in [-0.15, -0.1) is 0 Å². The number of hydrogen-bond acceptors (Lipinski definition) is 2. The van der Waals surface area contributed by atoms with Crippen LogP contribution in [0.5, 0.6) is 0 Å². The number of hydrogen-bond donors (Lipinski definition) is 1. The lowest BCUT2D eigenvalue weighted by Gasteiger charge is -2.36. The van der Waals surface area contributed by atoms with Crippen molar-refractivity contribution in [3.63, 3.8) is 0 Å². The van der Waals surface area contributed by atoms with Crippen LogP contribution in [0.1, 0.15) is 25.7 Å². The number of rotatable bonds is 0. The van der Waals surface area contributed by atoms with E-state index in [-0.39, 0.29) is 0 Å². The molecule has 1 saturated heterocycles. The summed E-state index contributed by atoms with van der Waals surface area (Å²) in [6.45, 7) is 0.844. The standard InChI is InChI=1S/C8H13NOS/c11-8-9-7-4-2-1-3-6(7)5-10-8/h6-7H,1-5H2,(H,9,11). The molecule has 0 aromatic heterocycles. The molecule has 0 aromatic carbocycles. The first-order valence-electron chi connectivity index (χ1n) is 4.29. The lowest BCUT2D eigenvalue weighted by molar-refractivity contribution is 0.130. The summed E-state index contributed by atoms with van der Waals surface area (Å²) in [6.07, 6.45) is 5.28. The van der Waals surface area contributed by atoms with Crippen LogP contribution in [0.25, 0.3) is 0 Å². The monoisotopic (exact) mass is 171 g/mol. The summed E-state index contributed by atoms with van der Waals surface area (Å²) in [5.41, 5.74) is 0. The van der Waals surface area contributed by atoms with E-state index in [9.17, 15) is 0 Å². The topological polar surface area (TPSA) is 21.3 Å². The Morgan fingerprint density at radius 2 is 2.18 bits per heavy atom. The van der Waals surface area contributed by atoms with Crippen LogP contribution in [-0.4, -0.2) is 17.8 Å². The zero-order chi connectivity index (χ0) is 7.68.